The summed E-state index contributed by atoms with van der Waals surface area (Å²) >= 11 is 0. The number of hydrogen-bond donors (Lipinski definition) is 2. The molecular formula is C4H8Na4O4+4. The summed E-state index contributed by atoms with van der Waals surface area (Å²) in [5.41, 5.74) is 0. The van der Waals surface area contributed by atoms with Gasteiger partial charge in [-0.2, -0.15) is 0 Å². The Balaban J connectivity index is -0.0000000112. The van der Waals surface area contributed by atoms with Crippen molar-refractivity contribution < 1.29 is 138 Å². The van der Waals surface area contributed by atoms with E-state index >= 15 is 0 Å². The fourth-order valence-corrected chi connectivity index (χ4v) is 0. The topological polar surface area (TPSA) is 74.6 Å². The van der Waals surface area contributed by atoms with E-state index in [-0.39, 0.29) is 118 Å². The van der Waals surface area contributed by atoms with Crippen LogP contribution in [-0.2, 0) is 9.59 Å². The first-order valence-electron chi connectivity index (χ1n) is 1.86. The van der Waals surface area contributed by atoms with Crippen LogP contribution in [0.1, 0.15) is 13.8 Å². The first kappa shape index (κ1) is 36.3. The van der Waals surface area contributed by atoms with Gasteiger partial charge in [0.05, 0.1) is 0 Å². The van der Waals surface area contributed by atoms with Crippen molar-refractivity contribution in [2.75, 3.05) is 0 Å². The molecule has 0 amide bonds. The standard InChI is InChI=1S/2C2H4O2.4Na/c2*1-2(3)4;;;;/h2*1H3,(H,3,4);;;;/q;;4*+1. The predicted octanol–water partition coefficient (Wildman–Crippen LogP) is -11.8. The Kier molecular flexibility index (Phi) is 88.4. The molecular weight excluding hydrogens is 204 g/mol. The molecule has 0 radical (unpaired) electrons. The second-order valence-corrected chi connectivity index (χ2v) is 1.04. The summed E-state index contributed by atoms with van der Waals surface area (Å²) in [6.07, 6.45) is 0. The zero-order valence-corrected chi connectivity index (χ0v) is 16.7. The summed E-state index contributed by atoms with van der Waals surface area (Å²) in [7, 11) is 0. The minimum atomic E-state index is -0.833. The molecule has 0 bridgehead atoms. The van der Waals surface area contributed by atoms with Crippen molar-refractivity contribution in [2.24, 2.45) is 0 Å². The van der Waals surface area contributed by atoms with Crippen LogP contribution < -0.4 is 118 Å². The Bertz CT molecular complexity index is 77.1. The van der Waals surface area contributed by atoms with Gasteiger partial charge >= 0.3 is 118 Å². The molecule has 0 aromatic rings. The van der Waals surface area contributed by atoms with Crippen molar-refractivity contribution in [3.63, 3.8) is 0 Å². The summed E-state index contributed by atoms with van der Waals surface area (Å²) in [6, 6.07) is 0. The molecule has 48 valence electrons. The third kappa shape index (κ3) is 213. The Morgan fingerprint density at radius 2 is 0.750 bits per heavy atom. The molecule has 8 heteroatoms. The maximum atomic E-state index is 9.00. The van der Waals surface area contributed by atoms with Crippen LogP contribution in [0, 0.1) is 0 Å². The Hall–Kier alpha value is 2.94. The van der Waals surface area contributed by atoms with Gasteiger partial charge in [-0.15, -0.1) is 0 Å². The van der Waals surface area contributed by atoms with E-state index in [1.54, 1.807) is 0 Å². The Morgan fingerprint density at radius 3 is 0.750 bits per heavy atom. The monoisotopic (exact) mass is 212 g/mol. The summed E-state index contributed by atoms with van der Waals surface area (Å²) in [6.45, 7) is 2.17. The smallest absolute Gasteiger partial charge is 0.481 e. The van der Waals surface area contributed by atoms with Gasteiger partial charge in [-0.05, 0) is 0 Å². The van der Waals surface area contributed by atoms with Crippen LogP contribution in [-0.4, -0.2) is 22.2 Å². The van der Waals surface area contributed by atoms with Crippen molar-refractivity contribution in [3.05, 3.63) is 0 Å². The minimum Gasteiger partial charge on any atom is -0.481 e. The molecule has 0 aromatic heterocycles. The average molecular weight is 212 g/mol. The molecule has 0 heterocycles. The van der Waals surface area contributed by atoms with Crippen LogP contribution in [0.3, 0.4) is 0 Å². The van der Waals surface area contributed by atoms with Gasteiger partial charge in [-0.3, -0.25) is 9.59 Å². The van der Waals surface area contributed by atoms with E-state index in [9.17, 15) is 0 Å². The van der Waals surface area contributed by atoms with E-state index in [2.05, 4.69) is 0 Å². The molecule has 4 nitrogen and oxygen atoms in total. The molecule has 0 aliphatic rings. The second kappa shape index (κ2) is 29.2. The van der Waals surface area contributed by atoms with Crippen LogP contribution in [0.5, 0.6) is 0 Å². The van der Waals surface area contributed by atoms with Crippen molar-refractivity contribution in [3.8, 4) is 0 Å². The van der Waals surface area contributed by atoms with E-state index in [4.69, 9.17) is 19.8 Å². The van der Waals surface area contributed by atoms with Gasteiger partial charge in [0.25, 0.3) is 11.9 Å². The molecule has 0 aliphatic heterocycles. The maximum Gasteiger partial charge on any atom is 1.00 e. The van der Waals surface area contributed by atoms with E-state index in [0.717, 1.165) is 13.8 Å². The number of carbonyl (C=O) groups is 2. The average Bonchev–Trinajstić information content (AvgIpc) is 1.25. The van der Waals surface area contributed by atoms with Gasteiger partial charge in [-0.1, -0.05) is 0 Å². The third-order valence-electron chi connectivity index (χ3n) is 0. The fourth-order valence-electron chi connectivity index (χ4n) is 0. The van der Waals surface area contributed by atoms with Gasteiger partial charge in [0.2, 0.25) is 0 Å². The number of hydrogen-bond acceptors (Lipinski definition) is 2. The molecule has 0 aliphatic carbocycles. The van der Waals surface area contributed by atoms with Crippen molar-refractivity contribution in [1.82, 2.24) is 0 Å². The first-order valence-corrected chi connectivity index (χ1v) is 1.86. The molecule has 0 saturated carbocycles. The molecule has 0 fully saturated rings. The van der Waals surface area contributed by atoms with Crippen molar-refractivity contribution >= 4 is 11.9 Å². The number of rotatable bonds is 0. The van der Waals surface area contributed by atoms with Gasteiger partial charge in [0, 0.05) is 13.8 Å². The molecule has 12 heavy (non-hydrogen) atoms. The molecule has 0 rings (SSSR count). The van der Waals surface area contributed by atoms with E-state index in [1.807, 2.05) is 0 Å². The Morgan fingerprint density at radius 1 is 0.750 bits per heavy atom. The van der Waals surface area contributed by atoms with Crippen molar-refractivity contribution in [2.45, 2.75) is 13.8 Å². The number of carboxylic acids is 2. The SMILES string of the molecule is CC(=O)O.CC(=O)O.[Na+].[Na+].[Na+].[Na+]. The normalized spacial score (nSPS) is 4.17. The number of carboxylic acid groups (broad SMARTS) is 2. The van der Waals surface area contributed by atoms with Crippen LogP contribution in [0.15, 0.2) is 0 Å². The van der Waals surface area contributed by atoms with Gasteiger partial charge in [-0.25, -0.2) is 0 Å². The third-order valence-corrected chi connectivity index (χ3v) is 0. The first-order chi connectivity index (χ1) is 3.46. The molecule has 0 spiro atoms. The summed E-state index contributed by atoms with van der Waals surface area (Å²) in [5.74, 6) is -1.67. The van der Waals surface area contributed by atoms with Crippen LogP contribution >= 0.6 is 0 Å². The molecule has 2 N–H and O–H groups in total. The molecule has 0 aromatic carbocycles. The zero-order valence-electron chi connectivity index (χ0n) is 8.71. The second-order valence-electron chi connectivity index (χ2n) is 1.04. The van der Waals surface area contributed by atoms with Gasteiger partial charge in [0.1, 0.15) is 0 Å². The van der Waals surface area contributed by atoms with Gasteiger partial charge < -0.3 is 10.2 Å². The summed E-state index contributed by atoms with van der Waals surface area (Å²) in [4.78, 5) is 18.0. The minimum absolute atomic E-state index is 0. The zero-order chi connectivity index (χ0) is 7.15. The Labute approximate surface area is 160 Å². The van der Waals surface area contributed by atoms with Crippen molar-refractivity contribution in [1.29, 1.82) is 0 Å². The fraction of sp³-hybridized carbons (Fsp3) is 0.500. The molecule has 0 unspecified atom stereocenters. The predicted molar refractivity (Wildman–Crippen MR) is 26.6 cm³/mol. The molecule has 0 saturated heterocycles. The van der Waals surface area contributed by atoms with E-state index in [0.29, 0.717) is 0 Å². The van der Waals surface area contributed by atoms with Gasteiger partial charge in [0.15, 0.2) is 0 Å². The summed E-state index contributed by atoms with van der Waals surface area (Å²) in [5, 5.41) is 14.8. The van der Waals surface area contributed by atoms with Crippen LogP contribution in [0.2, 0.25) is 0 Å². The van der Waals surface area contributed by atoms with E-state index in [1.165, 1.54) is 0 Å². The molecule has 0 atom stereocenters. The number of aliphatic carboxylic acids is 2. The maximum absolute atomic E-state index is 9.00. The van der Waals surface area contributed by atoms with E-state index < -0.39 is 11.9 Å². The largest absolute Gasteiger partial charge is 1.00 e. The van der Waals surface area contributed by atoms with Crippen LogP contribution in [0.25, 0.3) is 0 Å². The quantitative estimate of drug-likeness (QED) is 0.391. The summed E-state index contributed by atoms with van der Waals surface area (Å²) < 4.78 is 0. The van der Waals surface area contributed by atoms with Crippen LogP contribution in [0.4, 0.5) is 0 Å².